The summed E-state index contributed by atoms with van der Waals surface area (Å²) in [6.07, 6.45) is 0.968. The predicted octanol–water partition coefficient (Wildman–Crippen LogP) is 4.13. The van der Waals surface area contributed by atoms with E-state index in [9.17, 15) is 9.59 Å². The van der Waals surface area contributed by atoms with E-state index in [4.69, 9.17) is 4.74 Å². The third-order valence-corrected chi connectivity index (χ3v) is 4.96. The van der Waals surface area contributed by atoms with Gasteiger partial charge in [0.1, 0.15) is 6.10 Å². The topological polar surface area (TPSA) is 96.1 Å². The fraction of sp³-hybridized carbons (Fsp3) is 0.476. The molecule has 0 radical (unpaired) electrons. The summed E-state index contributed by atoms with van der Waals surface area (Å²) in [5.41, 5.74) is 1.51. The number of aromatic amines is 1. The number of nitrogens with one attached hydrogen (secondary N) is 3. The summed E-state index contributed by atoms with van der Waals surface area (Å²) >= 11 is 0. The predicted molar refractivity (Wildman–Crippen MR) is 107 cm³/mol. The van der Waals surface area contributed by atoms with Gasteiger partial charge in [-0.15, -0.1) is 0 Å². The van der Waals surface area contributed by atoms with Crippen LogP contribution >= 0.6 is 0 Å². The van der Waals surface area contributed by atoms with Crippen LogP contribution in [0.25, 0.3) is 0 Å². The van der Waals surface area contributed by atoms with E-state index < -0.39 is 11.5 Å². The molecular weight excluding hydrogens is 356 g/mol. The lowest BCUT2D eigenvalue weighted by Crippen LogP contribution is -2.37. The summed E-state index contributed by atoms with van der Waals surface area (Å²) in [6, 6.07) is 11.5. The molecule has 1 aromatic heterocycles. The summed E-state index contributed by atoms with van der Waals surface area (Å²) in [6.45, 7) is 7.49. The molecule has 0 saturated heterocycles. The molecule has 2 aromatic rings. The van der Waals surface area contributed by atoms with Crippen molar-refractivity contribution in [2.24, 2.45) is 5.41 Å². The van der Waals surface area contributed by atoms with E-state index in [-0.39, 0.29) is 24.0 Å². The molecule has 150 valence electrons. The van der Waals surface area contributed by atoms with Crippen molar-refractivity contribution >= 4 is 17.8 Å². The Morgan fingerprint density at radius 1 is 1.21 bits per heavy atom. The zero-order chi connectivity index (χ0) is 20.3. The molecule has 0 bridgehead atoms. The standard InChI is InChI=1S/C21H28N4O3/c1-13(14-8-6-5-7-9-14)22-20(27)28-16-10-15(11-16)17-12-18(25-24-17)23-19(26)21(2,3)4/h5-9,12-13,15-16H,10-11H2,1-4H3,(H,22,27)(H2,23,24,25,26)/t13-,15?,16?/m0/s1. The lowest BCUT2D eigenvalue weighted by Gasteiger charge is -2.34. The zero-order valence-corrected chi connectivity index (χ0v) is 16.8. The molecule has 3 rings (SSSR count). The number of alkyl carbamates (subject to hydrolysis) is 1. The number of amides is 2. The Morgan fingerprint density at radius 3 is 2.54 bits per heavy atom. The highest BCUT2D eigenvalue weighted by atomic mass is 16.6. The molecule has 3 N–H and O–H groups in total. The first kappa shape index (κ1) is 19.9. The van der Waals surface area contributed by atoms with Crippen LogP contribution in [0.4, 0.5) is 10.6 Å². The van der Waals surface area contributed by atoms with Gasteiger partial charge in [-0.25, -0.2) is 4.79 Å². The highest BCUT2D eigenvalue weighted by molar-refractivity contribution is 5.93. The molecule has 7 heteroatoms. The van der Waals surface area contributed by atoms with Gasteiger partial charge in [-0.05, 0) is 25.3 Å². The average Bonchev–Trinajstić information content (AvgIpc) is 3.05. The van der Waals surface area contributed by atoms with Crippen molar-refractivity contribution in [1.82, 2.24) is 15.5 Å². The summed E-state index contributed by atoms with van der Waals surface area (Å²) in [7, 11) is 0. The van der Waals surface area contributed by atoms with E-state index in [0.29, 0.717) is 5.82 Å². The molecule has 1 aliphatic rings. The number of hydrogen-bond donors (Lipinski definition) is 3. The van der Waals surface area contributed by atoms with Crippen LogP contribution in [0.3, 0.4) is 0 Å². The fourth-order valence-electron chi connectivity index (χ4n) is 3.02. The second-order valence-corrected chi connectivity index (χ2v) is 8.39. The third kappa shape index (κ3) is 4.91. The van der Waals surface area contributed by atoms with Gasteiger partial charge >= 0.3 is 6.09 Å². The lowest BCUT2D eigenvalue weighted by atomic mass is 9.80. The van der Waals surface area contributed by atoms with Gasteiger partial charge in [0.05, 0.1) is 6.04 Å². The van der Waals surface area contributed by atoms with Crippen LogP contribution in [-0.2, 0) is 9.53 Å². The molecule has 0 aliphatic heterocycles. The van der Waals surface area contributed by atoms with Crippen molar-refractivity contribution in [3.05, 3.63) is 47.7 Å². The number of carbonyl (C=O) groups excluding carboxylic acids is 2. The summed E-state index contributed by atoms with van der Waals surface area (Å²) in [5, 5.41) is 12.8. The Kier molecular flexibility index (Phi) is 5.72. The first-order valence-corrected chi connectivity index (χ1v) is 9.61. The Bertz CT molecular complexity index is 820. The Balaban J connectivity index is 1.43. The van der Waals surface area contributed by atoms with E-state index >= 15 is 0 Å². The van der Waals surface area contributed by atoms with Crippen LogP contribution < -0.4 is 10.6 Å². The number of aromatic nitrogens is 2. The maximum absolute atomic E-state index is 12.1. The monoisotopic (exact) mass is 384 g/mol. The SMILES string of the molecule is C[C@H](NC(=O)OC1CC(c2cc(NC(=O)C(C)(C)C)n[nH]2)C1)c1ccccc1. The van der Waals surface area contributed by atoms with E-state index in [1.807, 2.05) is 64.1 Å². The van der Waals surface area contributed by atoms with Crippen LogP contribution in [0.5, 0.6) is 0 Å². The van der Waals surface area contributed by atoms with Crippen LogP contribution in [0.15, 0.2) is 36.4 Å². The van der Waals surface area contributed by atoms with Crippen molar-refractivity contribution in [2.45, 2.75) is 58.6 Å². The number of rotatable bonds is 5. The van der Waals surface area contributed by atoms with Gasteiger partial charge in [-0.1, -0.05) is 51.1 Å². The maximum atomic E-state index is 12.1. The minimum atomic E-state index is -0.473. The minimum absolute atomic E-state index is 0.0791. The van der Waals surface area contributed by atoms with Crippen LogP contribution in [0.1, 0.15) is 63.8 Å². The molecule has 1 aliphatic carbocycles. The molecule has 7 nitrogen and oxygen atoms in total. The molecule has 2 amide bonds. The minimum Gasteiger partial charge on any atom is -0.446 e. The first-order valence-electron chi connectivity index (χ1n) is 9.61. The fourth-order valence-corrected chi connectivity index (χ4v) is 3.02. The number of nitrogens with zero attached hydrogens (tertiary/aromatic N) is 1. The number of anilines is 1. The molecule has 1 saturated carbocycles. The van der Waals surface area contributed by atoms with Crippen molar-refractivity contribution in [1.29, 1.82) is 0 Å². The van der Waals surface area contributed by atoms with E-state index in [0.717, 1.165) is 24.1 Å². The van der Waals surface area contributed by atoms with Gasteiger partial charge in [0.2, 0.25) is 5.91 Å². The van der Waals surface area contributed by atoms with E-state index in [2.05, 4.69) is 20.8 Å². The van der Waals surface area contributed by atoms with E-state index in [1.54, 1.807) is 0 Å². The Morgan fingerprint density at radius 2 is 1.89 bits per heavy atom. The smallest absolute Gasteiger partial charge is 0.407 e. The van der Waals surface area contributed by atoms with Gasteiger partial charge in [0, 0.05) is 23.1 Å². The number of H-pyrrole nitrogens is 1. The molecule has 0 unspecified atom stereocenters. The molecular formula is C21H28N4O3. The van der Waals surface area contributed by atoms with Gasteiger partial charge in [-0.3, -0.25) is 9.89 Å². The van der Waals surface area contributed by atoms with Gasteiger partial charge in [0.25, 0.3) is 0 Å². The molecule has 28 heavy (non-hydrogen) atoms. The van der Waals surface area contributed by atoms with Crippen molar-refractivity contribution in [3.8, 4) is 0 Å². The maximum Gasteiger partial charge on any atom is 0.407 e. The molecule has 1 heterocycles. The average molecular weight is 384 g/mol. The first-order chi connectivity index (χ1) is 13.2. The Hall–Kier alpha value is -2.83. The van der Waals surface area contributed by atoms with Gasteiger partial charge in [0.15, 0.2) is 5.82 Å². The molecule has 0 spiro atoms. The van der Waals surface area contributed by atoms with Gasteiger partial charge in [-0.2, -0.15) is 5.10 Å². The Labute approximate surface area is 165 Å². The van der Waals surface area contributed by atoms with Crippen LogP contribution in [-0.4, -0.2) is 28.3 Å². The number of benzene rings is 1. The highest BCUT2D eigenvalue weighted by Gasteiger charge is 2.35. The van der Waals surface area contributed by atoms with Crippen molar-refractivity contribution in [2.75, 3.05) is 5.32 Å². The number of hydrogen-bond acceptors (Lipinski definition) is 4. The largest absolute Gasteiger partial charge is 0.446 e. The van der Waals surface area contributed by atoms with Crippen molar-refractivity contribution < 1.29 is 14.3 Å². The molecule has 1 fully saturated rings. The second-order valence-electron chi connectivity index (χ2n) is 8.39. The lowest BCUT2D eigenvalue weighted by molar-refractivity contribution is -0.123. The van der Waals surface area contributed by atoms with E-state index in [1.165, 1.54) is 0 Å². The van der Waals surface area contributed by atoms with Crippen molar-refractivity contribution in [3.63, 3.8) is 0 Å². The second kappa shape index (κ2) is 8.04. The van der Waals surface area contributed by atoms with Crippen LogP contribution in [0.2, 0.25) is 0 Å². The highest BCUT2D eigenvalue weighted by Crippen LogP contribution is 2.38. The van der Waals surface area contributed by atoms with Gasteiger partial charge < -0.3 is 15.4 Å². The number of ether oxygens (including phenoxy) is 1. The summed E-state index contributed by atoms with van der Waals surface area (Å²) in [5.74, 6) is 0.690. The van der Waals surface area contributed by atoms with Crippen LogP contribution in [0, 0.1) is 5.41 Å². The summed E-state index contributed by atoms with van der Waals surface area (Å²) in [4.78, 5) is 24.1. The summed E-state index contributed by atoms with van der Waals surface area (Å²) < 4.78 is 5.49. The quantitative estimate of drug-likeness (QED) is 0.722. The normalized spacial score (nSPS) is 20.0. The zero-order valence-electron chi connectivity index (χ0n) is 16.8. The number of carbonyl (C=O) groups is 2. The molecule has 1 atom stereocenters. The molecule has 1 aromatic carbocycles. The third-order valence-electron chi connectivity index (χ3n) is 4.96.